The van der Waals surface area contributed by atoms with E-state index in [0.29, 0.717) is 6.04 Å². The Morgan fingerprint density at radius 2 is 2.31 bits per heavy atom. The maximum atomic E-state index is 9.91. The third-order valence-corrected chi connectivity index (χ3v) is 3.41. The molecule has 1 heterocycles. The summed E-state index contributed by atoms with van der Waals surface area (Å²) in [5.41, 5.74) is 1.09. The molecule has 0 aliphatic heterocycles. The monoisotopic (exact) mass is 220 g/mol. The Hall–Kier alpha value is -0.930. The molecule has 3 nitrogen and oxygen atoms in total. The van der Waals surface area contributed by atoms with Gasteiger partial charge in [-0.15, -0.1) is 0 Å². The van der Waals surface area contributed by atoms with Crippen molar-refractivity contribution in [3.05, 3.63) is 30.1 Å². The zero-order valence-electron chi connectivity index (χ0n) is 9.84. The minimum atomic E-state index is -0.149. The number of hydrogen-bond acceptors (Lipinski definition) is 3. The van der Waals surface area contributed by atoms with Gasteiger partial charge in [0.1, 0.15) is 0 Å². The lowest BCUT2D eigenvalue weighted by Gasteiger charge is -2.29. The van der Waals surface area contributed by atoms with E-state index in [0.717, 1.165) is 38.0 Å². The molecular weight excluding hydrogens is 200 g/mol. The lowest BCUT2D eigenvalue weighted by molar-refractivity contribution is 0.0686. The summed E-state index contributed by atoms with van der Waals surface area (Å²) in [6.45, 7) is 3.96. The fraction of sp³-hybridized carbons (Fsp3) is 0.615. The first-order chi connectivity index (χ1) is 7.81. The van der Waals surface area contributed by atoms with Gasteiger partial charge >= 0.3 is 0 Å². The Morgan fingerprint density at radius 1 is 1.44 bits per heavy atom. The number of aliphatic hydroxyl groups is 1. The van der Waals surface area contributed by atoms with Crippen LogP contribution in [-0.4, -0.2) is 33.7 Å². The molecule has 0 spiro atoms. The van der Waals surface area contributed by atoms with Crippen LogP contribution in [0.3, 0.4) is 0 Å². The lowest BCUT2D eigenvalue weighted by Crippen LogP contribution is -2.39. The molecule has 1 aromatic heterocycles. The van der Waals surface area contributed by atoms with E-state index in [-0.39, 0.29) is 6.10 Å². The van der Waals surface area contributed by atoms with E-state index >= 15 is 0 Å². The number of likely N-dealkylation sites (N-methyl/N-ethyl adjacent to an activating group) is 1. The molecule has 1 N–H and O–H groups in total. The van der Waals surface area contributed by atoms with Gasteiger partial charge in [-0.05, 0) is 37.9 Å². The van der Waals surface area contributed by atoms with Gasteiger partial charge in [0.15, 0.2) is 0 Å². The molecule has 1 fully saturated rings. The first kappa shape index (κ1) is 11.6. The van der Waals surface area contributed by atoms with Gasteiger partial charge in [-0.25, -0.2) is 0 Å². The molecule has 1 aliphatic rings. The SMILES string of the molecule is CCN(Cc1ccccn1)[C@H]1CCC[C@@H]1O. The van der Waals surface area contributed by atoms with E-state index in [1.165, 1.54) is 0 Å². The highest BCUT2D eigenvalue weighted by Crippen LogP contribution is 2.24. The number of rotatable bonds is 4. The molecule has 1 saturated carbocycles. The molecule has 2 rings (SSSR count). The first-order valence-electron chi connectivity index (χ1n) is 6.13. The van der Waals surface area contributed by atoms with Crippen LogP contribution >= 0.6 is 0 Å². The topological polar surface area (TPSA) is 36.4 Å². The van der Waals surface area contributed by atoms with E-state index in [4.69, 9.17) is 0 Å². The second kappa shape index (κ2) is 5.41. The van der Waals surface area contributed by atoms with Crippen LogP contribution in [0.5, 0.6) is 0 Å². The summed E-state index contributed by atoms with van der Waals surface area (Å²) in [5.74, 6) is 0. The van der Waals surface area contributed by atoms with E-state index in [9.17, 15) is 5.11 Å². The van der Waals surface area contributed by atoms with Crippen molar-refractivity contribution in [1.29, 1.82) is 0 Å². The minimum Gasteiger partial charge on any atom is -0.391 e. The third-order valence-electron chi connectivity index (χ3n) is 3.41. The van der Waals surface area contributed by atoms with Gasteiger partial charge in [0, 0.05) is 18.8 Å². The van der Waals surface area contributed by atoms with Gasteiger partial charge < -0.3 is 5.11 Å². The van der Waals surface area contributed by atoms with Crippen LogP contribution in [0.4, 0.5) is 0 Å². The van der Waals surface area contributed by atoms with Gasteiger partial charge in [-0.3, -0.25) is 9.88 Å². The zero-order valence-corrected chi connectivity index (χ0v) is 9.84. The van der Waals surface area contributed by atoms with E-state index in [2.05, 4.69) is 16.8 Å². The Bertz CT molecular complexity index is 315. The molecule has 0 radical (unpaired) electrons. The van der Waals surface area contributed by atoms with E-state index in [1.54, 1.807) is 0 Å². The van der Waals surface area contributed by atoms with Crippen LogP contribution in [0.15, 0.2) is 24.4 Å². The molecule has 0 saturated heterocycles. The van der Waals surface area contributed by atoms with Crippen LogP contribution in [0.2, 0.25) is 0 Å². The van der Waals surface area contributed by atoms with E-state index < -0.39 is 0 Å². The van der Waals surface area contributed by atoms with Gasteiger partial charge in [0.25, 0.3) is 0 Å². The first-order valence-corrected chi connectivity index (χ1v) is 6.13. The Morgan fingerprint density at radius 3 is 2.88 bits per heavy atom. The number of aromatic nitrogens is 1. The van der Waals surface area contributed by atoms with Gasteiger partial charge in [-0.1, -0.05) is 13.0 Å². The molecule has 1 aromatic rings. The molecule has 3 heteroatoms. The van der Waals surface area contributed by atoms with Crippen LogP contribution in [0.25, 0.3) is 0 Å². The summed E-state index contributed by atoms with van der Waals surface area (Å²) in [4.78, 5) is 6.67. The largest absolute Gasteiger partial charge is 0.391 e. The van der Waals surface area contributed by atoms with Crippen LogP contribution in [-0.2, 0) is 6.54 Å². The van der Waals surface area contributed by atoms with Crippen molar-refractivity contribution in [1.82, 2.24) is 9.88 Å². The molecule has 88 valence electrons. The molecule has 16 heavy (non-hydrogen) atoms. The maximum absolute atomic E-state index is 9.91. The fourth-order valence-corrected chi connectivity index (χ4v) is 2.51. The van der Waals surface area contributed by atoms with Gasteiger partial charge in [0.2, 0.25) is 0 Å². The quantitative estimate of drug-likeness (QED) is 0.840. The normalized spacial score (nSPS) is 25.2. The standard InChI is InChI=1S/C13H20N2O/c1-2-15(12-7-5-8-13(12)16)10-11-6-3-4-9-14-11/h3-4,6,9,12-13,16H,2,5,7-8,10H2,1H3/t12-,13-/m0/s1. The second-order valence-corrected chi connectivity index (χ2v) is 4.45. The molecule has 0 unspecified atom stereocenters. The van der Waals surface area contributed by atoms with Crippen molar-refractivity contribution in [2.75, 3.05) is 6.54 Å². The highest BCUT2D eigenvalue weighted by atomic mass is 16.3. The third kappa shape index (κ3) is 2.60. The molecular formula is C13H20N2O. The van der Waals surface area contributed by atoms with Crippen LogP contribution < -0.4 is 0 Å². The van der Waals surface area contributed by atoms with Crippen LogP contribution in [0.1, 0.15) is 31.9 Å². The van der Waals surface area contributed by atoms with Gasteiger partial charge in [-0.2, -0.15) is 0 Å². The van der Waals surface area contributed by atoms with Crippen molar-refractivity contribution in [2.24, 2.45) is 0 Å². The zero-order chi connectivity index (χ0) is 11.4. The van der Waals surface area contributed by atoms with Crippen molar-refractivity contribution in [3.63, 3.8) is 0 Å². The Kier molecular flexibility index (Phi) is 3.91. The minimum absolute atomic E-state index is 0.149. The predicted molar refractivity (Wildman–Crippen MR) is 64.0 cm³/mol. The van der Waals surface area contributed by atoms with Crippen molar-refractivity contribution in [3.8, 4) is 0 Å². The molecule has 0 amide bonds. The average molecular weight is 220 g/mol. The Labute approximate surface area is 97.1 Å². The number of pyridine rings is 1. The molecule has 0 bridgehead atoms. The lowest BCUT2D eigenvalue weighted by atomic mass is 10.1. The number of nitrogens with zero attached hydrogens (tertiary/aromatic N) is 2. The summed E-state index contributed by atoms with van der Waals surface area (Å²) in [6, 6.07) is 6.32. The summed E-state index contributed by atoms with van der Waals surface area (Å²) in [5, 5.41) is 9.91. The van der Waals surface area contributed by atoms with Crippen molar-refractivity contribution < 1.29 is 5.11 Å². The average Bonchev–Trinajstić information content (AvgIpc) is 2.74. The highest BCUT2D eigenvalue weighted by molar-refractivity contribution is 5.04. The maximum Gasteiger partial charge on any atom is 0.0695 e. The summed E-state index contributed by atoms with van der Waals surface area (Å²) in [6.07, 6.45) is 4.88. The summed E-state index contributed by atoms with van der Waals surface area (Å²) >= 11 is 0. The molecule has 2 atom stereocenters. The smallest absolute Gasteiger partial charge is 0.0695 e. The second-order valence-electron chi connectivity index (χ2n) is 4.45. The summed E-state index contributed by atoms with van der Waals surface area (Å²) in [7, 11) is 0. The summed E-state index contributed by atoms with van der Waals surface area (Å²) < 4.78 is 0. The predicted octanol–water partition coefficient (Wildman–Crippen LogP) is 1.82. The number of hydrogen-bond donors (Lipinski definition) is 1. The van der Waals surface area contributed by atoms with Gasteiger partial charge in [0.05, 0.1) is 11.8 Å². The van der Waals surface area contributed by atoms with Crippen molar-refractivity contribution in [2.45, 2.75) is 44.9 Å². The van der Waals surface area contributed by atoms with Crippen LogP contribution in [0, 0.1) is 0 Å². The number of aliphatic hydroxyl groups excluding tert-OH is 1. The van der Waals surface area contributed by atoms with E-state index in [1.807, 2.05) is 24.4 Å². The Balaban J connectivity index is 2.00. The fourth-order valence-electron chi connectivity index (χ4n) is 2.51. The highest BCUT2D eigenvalue weighted by Gasteiger charge is 2.29. The molecule has 0 aromatic carbocycles. The van der Waals surface area contributed by atoms with Crippen molar-refractivity contribution >= 4 is 0 Å². The molecule has 1 aliphatic carbocycles.